The van der Waals surface area contributed by atoms with Crippen LogP contribution in [0.2, 0.25) is 0 Å². The van der Waals surface area contributed by atoms with Gasteiger partial charge in [0.15, 0.2) is 11.0 Å². The van der Waals surface area contributed by atoms with E-state index in [9.17, 15) is 10.1 Å². The topological polar surface area (TPSA) is 73.8 Å². The summed E-state index contributed by atoms with van der Waals surface area (Å²) >= 11 is 1.68. The molecule has 0 amide bonds. The van der Waals surface area contributed by atoms with Gasteiger partial charge < -0.3 is 4.57 Å². The number of benzene rings is 1. The van der Waals surface area contributed by atoms with Gasteiger partial charge in [-0.05, 0) is 13.3 Å². The van der Waals surface area contributed by atoms with Gasteiger partial charge in [-0.1, -0.05) is 23.9 Å². The molecule has 0 N–H and O–H groups in total. The fourth-order valence-electron chi connectivity index (χ4n) is 2.25. The van der Waals surface area contributed by atoms with E-state index in [-0.39, 0.29) is 10.6 Å². The standard InChI is InChI=1S/C12H12N4O2S/c1-8-9(4-2-5-10(8)16(17)18)11-13-14-12-15(11)6-3-7-19-12/h2,4-5H,3,6-7H2,1H3. The van der Waals surface area contributed by atoms with Crippen LogP contribution in [0.3, 0.4) is 0 Å². The van der Waals surface area contributed by atoms with Gasteiger partial charge in [0, 0.05) is 29.5 Å². The van der Waals surface area contributed by atoms with Gasteiger partial charge >= 0.3 is 0 Å². The van der Waals surface area contributed by atoms with Crippen LogP contribution in [-0.2, 0) is 6.54 Å². The third-order valence-electron chi connectivity index (χ3n) is 3.22. The van der Waals surface area contributed by atoms with E-state index in [0.717, 1.165) is 35.3 Å². The van der Waals surface area contributed by atoms with Crippen LogP contribution in [0.4, 0.5) is 5.69 Å². The van der Waals surface area contributed by atoms with Crippen molar-refractivity contribution in [2.24, 2.45) is 0 Å². The number of nitro groups is 1. The smallest absolute Gasteiger partial charge is 0.273 e. The molecule has 98 valence electrons. The molecule has 7 heteroatoms. The third-order valence-corrected chi connectivity index (χ3v) is 4.27. The van der Waals surface area contributed by atoms with Crippen LogP contribution in [0.15, 0.2) is 23.4 Å². The van der Waals surface area contributed by atoms with Crippen molar-refractivity contribution in [1.82, 2.24) is 14.8 Å². The molecule has 1 aliphatic heterocycles. The van der Waals surface area contributed by atoms with Crippen LogP contribution >= 0.6 is 11.8 Å². The molecule has 0 saturated heterocycles. The van der Waals surface area contributed by atoms with Crippen molar-refractivity contribution >= 4 is 17.4 Å². The lowest BCUT2D eigenvalue weighted by atomic mass is 10.1. The van der Waals surface area contributed by atoms with Crippen molar-refractivity contribution in [1.29, 1.82) is 0 Å². The molecule has 3 rings (SSSR count). The molecule has 0 radical (unpaired) electrons. The lowest BCUT2D eigenvalue weighted by Crippen LogP contribution is -2.09. The first kappa shape index (κ1) is 12.2. The zero-order valence-corrected chi connectivity index (χ0v) is 11.2. The molecule has 19 heavy (non-hydrogen) atoms. The van der Waals surface area contributed by atoms with E-state index in [1.165, 1.54) is 6.07 Å². The first-order valence-electron chi connectivity index (χ1n) is 5.99. The molecule has 0 atom stereocenters. The van der Waals surface area contributed by atoms with E-state index in [0.29, 0.717) is 5.56 Å². The number of nitrogens with zero attached hydrogens (tertiary/aromatic N) is 4. The largest absolute Gasteiger partial charge is 0.302 e. The van der Waals surface area contributed by atoms with E-state index in [4.69, 9.17) is 0 Å². The van der Waals surface area contributed by atoms with Crippen molar-refractivity contribution in [3.05, 3.63) is 33.9 Å². The molecule has 0 saturated carbocycles. The summed E-state index contributed by atoms with van der Waals surface area (Å²) in [5, 5.41) is 20.2. The number of hydrogen-bond acceptors (Lipinski definition) is 5. The lowest BCUT2D eigenvalue weighted by Gasteiger charge is -2.14. The number of hydrogen-bond donors (Lipinski definition) is 0. The number of nitro benzene ring substituents is 1. The highest BCUT2D eigenvalue weighted by Gasteiger charge is 2.21. The SMILES string of the molecule is Cc1c(-c2nnc3n2CCCS3)cccc1[N+](=O)[O-]. The Morgan fingerprint density at radius 1 is 1.42 bits per heavy atom. The molecule has 6 nitrogen and oxygen atoms in total. The summed E-state index contributed by atoms with van der Waals surface area (Å²) in [6.07, 6.45) is 1.07. The average molecular weight is 276 g/mol. The quantitative estimate of drug-likeness (QED) is 0.622. The summed E-state index contributed by atoms with van der Waals surface area (Å²) in [4.78, 5) is 10.6. The van der Waals surface area contributed by atoms with Crippen LogP contribution in [0.1, 0.15) is 12.0 Å². The summed E-state index contributed by atoms with van der Waals surface area (Å²) in [5.41, 5.74) is 1.55. The van der Waals surface area contributed by atoms with Gasteiger partial charge in [0.2, 0.25) is 0 Å². The average Bonchev–Trinajstić information content (AvgIpc) is 2.82. The van der Waals surface area contributed by atoms with Crippen molar-refractivity contribution in [2.75, 3.05) is 5.75 Å². The van der Waals surface area contributed by atoms with E-state index in [1.807, 2.05) is 10.6 Å². The molecule has 1 aliphatic rings. The Morgan fingerprint density at radius 3 is 3.05 bits per heavy atom. The summed E-state index contributed by atoms with van der Waals surface area (Å²) in [6, 6.07) is 5.07. The van der Waals surface area contributed by atoms with Gasteiger partial charge in [0.05, 0.1) is 4.92 Å². The molecule has 0 fully saturated rings. The second-order valence-corrected chi connectivity index (χ2v) is 5.43. The number of aromatic nitrogens is 3. The maximum absolute atomic E-state index is 11.0. The monoisotopic (exact) mass is 276 g/mol. The minimum atomic E-state index is -0.360. The van der Waals surface area contributed by atoms with E-state index >= 15 is 0 Å². The van der Waals surface area contributed by atoms with Gasteiger partial charge in [-0.25, -0.2) is 0 Å². The molecule has 1 aromatic carbocycles. The van der Waals surface area contributed by atoms with Crippen LogP contribution in [0, 0.1) is 17.0 Å². The maximum Gasteiger partial charge on any atom is 0.273 e. The molecule has 2 heterocycles. The zero-order valence-electron chi connectivity index (χ0n) is 10.4. The minimum absolute atomic E-state index is 0.123. The highest BCUT2D eigenvalue weighted by molar-refractivity contribution is 7.99. The van der Waals surface area contributed by atoms with Crippen LogP contribution in [0.5, 0.6) is 0 Å². The van der Waals surface area contributed by atoms with Gasteiger partial charge in [-0.2, -0.15) is 0 Å². The van der Waals surface area contributed by atoms with E-state index in [1.54, 1.807) is 24.8 Å². The first-order valence-corrected chi connectivity index (χ1v) is 6.97. The van der Waals surface area contributed by atoms with Crippen LogP contribution in [0.25, 0.3) is 11.4 Å². The summed E-state index contributed by atoms with van der Waals surface area (Å²) < 4.78 is 2.04. The number of rotatable bonds is 2. The van der Waals surface area contributed by atoms with Crippen molar-refractivity contribution < 1.29 is 4.92 Å². The Bertz CT molecular complexity index is 653. The van der Waals surface area contributed by atoms with Crippen LogP contribution in [-0.4, -0.2) is 25.4 Å². The fourth-order valence-corrected chi connectivity index (χ4v) is 3.13. The highest BCUT2D eigenvalue weighted by atomic mass is 32.2. The molecule has 0 spiro atoms. The summed E-state index contributed by atoms with van der Waals surface area (Å²) in [6.45, 7) is 2.62. The number of fused-ring (bicyclic) bond motifs is 1. The molecule has 2 aromatic rings. The minimum Gasteiger partial charge on any atom is -0.302 e. The summed E-state index contributed by atoms with van der Waals surface area (Å²) in [5.74, 6) is 1.77. The fraction of sp³-hybridized carbons (Fsp3) is 0.333. The van der Waals surface area contributed by atoms with E-state index < -0.39 is 0 Å². The normalized spacial score (nSPS) is 14.2. The van der Waals surface area contributed by atoms with E-state index in [2.05, 4.69) is 10.2 Å². The van der Waals surface area contributed by atoms with Gasteiger partial charge in [0.25, 0.3) is 5.69 Å². The molecule has 0 aliphatic carbocycles. The number of thioether (sulfide) groups is 1. The zero-order chi connectivity index (χ0) is 13.4. The third kappa shape index (κ3) is 1.99. The van der Waals surface area contributed by atoms with Crippen molar-refractivity contribution in [3.8, 4) is 11.4 Å². The highest BCUT2D eigenvalue weighted by Crippen LogP contribution is 2.32. The van der Waals surface area contributed by atoms with Gasteiger partial charge in [0.1, 0.15) is 0 Å². The molecule has 1 aromatic heterocycles. The molecular weight excluding hydrogens is 264 g/mol. The Labute approximate surface area is 114 Å². The Kier molecular flexibility index (Phi) is 2.98. The lowest BCUT2D eigenvalue weighted by molar-refractivity contribution is -0.385. The maximum atomic E-state index is 11.0. The first-order chi connectivity index (χ1) is 9.18. The van der Waals surface area contributed by atoms with Crippen LogP contribution < -0.4 is 0 Å². The predicted molar refractivity (Wildman–Crippen MR) is 72.2 cm³/mol. The van der Waals surface area contributed by atoms with Gasteiger partial charge in [-0.3, -0.25) is 10.1 Å². The molecular formula is C12H12N4O2S. The van der Waals surface area contributed by atoms with Crippen molar-refractivity contribution in [2.45, 2.75) is 25.0 Å². The second-order valence-electron chi connectivity index (χ2n) is 4.37. The molecule has 0 unspecified atom stereocenters. The van der Waals surface area contributed by atoms with Gasteiger partial charge in [-0.15, -0.1) is 10.2 Å². The van der Waals surface area contributed by atoms with Crippen molar-refractivity contribution in [3.63, 3.8) is 0 Å². The predicted octanol–water partition coefficient (Wildman–Crippen LogP) is 2.66. The second kappa shape index (κ2) is 4.65. The summed E-state index contributed by atoms with van der Waals surface area (Å²) in [7, 11) is 0. The molecule has 0 bridgehead atoms. The Balaban J connectivity index is 2.15. The Hall–Kier alpha value is -1.89. The Morgan fingerprint density at radius 2 is 2.26 bits per heavy atom.